The van der Waals surface area contributed by atoms with Crippen LogP contribution in [0.15, 0.2) is 0 Å². The van der Waals surface area contributed by atoms with E-state index >= 15 is 0 Å². The Morgan fingerprint density at radius 1 is 0.895 bits per heavy atom. The zero-order chi connectivity index (χ0) is 13.7. The third-order valence-electron chi connectivity index (χ3n) is 6.01. The normalized spacial score (nSPS) is 48.2. The van der Waals surface area contributed by atoms with Crippen LogP contribution in [0.5, 0.6) is 0 Å². The Balaban J connectivity index is 1.90. The molecular weight excluding hydrogens is 238 g/mol. The van der Waals surface area contributed by atoms with Crippen molar-refractivity contribution in [3.8, 4) is 0 Å². The second-order valence-electron chi connectivity index (χ2n) is 8.29. The fraction of sp³-hybridized carbons (Fsp3) is 1.00. The molecule has 4 fully saturated rings. The molecule has 0 aromatic heterocycles. The highest BCUT2D eigenvalue weighted by Crippen LogP contribution is 2.67. The molecule has 0 aromatic carbocycles. The van der Waals surface area contributed by atoms with E-state index in [9.17, 15) is 10.2 Å². The minimum absolute atomic E-state index is 0.208. The molecule has 0 aromatic rings. The molecule has 0 radical (unpaired) electrons. The molecule has 0 spiro atoms. The number of β-amino-alcohol motifs (C(OH)–C–C–N with tert-alkyl or cyclic N) is 2. The molecule has 2 atom stereocenters. The maximum absolute atomic E-state index is 9.37. The smallest absolute Gasteiger partial charge is 0.0558 e. The lowest BCUT2D eigenvalue weighted by Gasteiger charge is -2.68. The average Bonchev–Trinajstić information content (AvgIpc) is 2.23. The van der Waals surface area contributed by atoms with Crippen LogP contribution in [0.1, 0.15) is 52.4 Å². The molecule has 0 heterocycles. The molecule has 110 valence electrons. The van der Waals surface area contributed by atoms with Crippen LogP contribution in [0.4, 0.5) is 0 Å². The van der Waals surface area contributed by atoms with Gasteiger partial charge >= 0.3 is 0 Å². The number of aliphatic hydroxyl groups excluding tert-OH is 2. The van der Waals surface area contributed by atoms with Gasteiger partial charge in [-0.3, -0.25) is 4.90 Å². The number of nitrogens with zero attached hydrogens (tertiary/aromatic N) is 1. The van der Waals surface area contributed by atoms with E-state index in [4.69, 9.17) is 0 Å². The van der Waals surface area contributed by atoms with E-state index in [1.54, 1.807) is 0 Å². The highest BCUT2D eigenvalue weighted by Gasteiger charge is 2.61. The van der Waals surface area contributed by atoms with Crippen molar-refractivity contribution in [1.29, 1.82) is 0 Å². The van der Waals surface area contributed by atoms with Crippen LogP contribution in [-0.4, -0.2) is 47.0 Å². The molecule has 2 unspecified atom stereocenters. The van der Waals surface area contributed by atoms with E-state index in [2.05, 4.69) is 18.7 Å². The molecule has 4 bridgehead atoms. The molecule has 4 rings (SSSR count). The minimum atomic E-state index is 0.208. The molecule has 4 saturated carbocycles. The Kier molecular flexibility index (Phi) is 3.23. The summed E-state index contributed by atoms with van der Waals surface area (Å²) in [6, 6.07) is 0. The monoisotopic (exact) mass is 267 g/mol. The molecule has 3 nitrogen and oxygen atoms in total. The fourth-order valence-corrected chi connectivity index (χ4v) is 6.57. The standard InChI is InChI=1S/C16H29NO2/c1-14-7-13-8-15(2,10-14)12-16(9-13,11-14)17(3-5-18)4-6-19/h13,18-19H,3-12H2,1-2H3. The van der Waals surface area contributed by atoms with Crippen molar-refractivity contribution >= 4 is 0 Å². The zero-order valence-electron chi connectivity index (χ0n) is 12.5. The minimum Gasteiger partial charge on any atom is -0.395 e. The second-order valence-corrected chi connectivity index (χ2v) is 8.29. The predicted octanol–water partition coefficient (Wildman–Crippen LogP) is 2.02. The summed E-state index contributed by atoms with van der Waals surface area (Å²) in [6.45, 7) is 6.81. The third kappa shape index (κ3) is 2.24. The van der Waals surface area contributed by atoms with Crippen molar-refractivity contribution in [2.45, 2.75) is 57.9 Å². The summed E-state index contributed by atoms with van der Waals surface area (Å²) in [5, 5.41) is 18.7. The number of hydrogen-bond acceptors (Lipinski definition) is 3. The Bertz CT molecular complexity index is 333. The van der Waals surface area contributed by atoms with Crippen molar-refractivity contribution in [2.24, 2.45) is 16.7 Å². The molecule has 0 amide bonds. The van der Waals surface area contributed by atoms with Gasteiger partial charge in [0.05, 0.1) is 13.2 Å². The van der Waals surface area contributed by atoms with Gasteiger partial charge in [-0.15, -0.1) is 0 Å². The van der Waals surface area contributed by atoms with E-state index in [1.165, 1.54) is 38.5 Å². The van der Waals surface area contributed by atoms with Crippen molar-refractivity contribution in [3.63, 3.8) is 0 Å². The Morgan fingerprint density at radius 3 is 1.84 bits per heavy atom. The van der Waals surface area contributed by atoms with Crippen LogP contribution in [0.25, 0.3) is 0 Å². The Hall–Kier alpha value is -0.120. The van der Waals surface area contributed by atoms with Crippen LogP contribution < -0.4 is 0 Å². The molecule has 4 aliphatic rings. The van der Waals surface area contributed by atoms with E-state index in [1.807, 2.05) is 0 Å². The van der Waals surface area contributed by atoms with Crippen LogP contribution in [0.3, 0.4) is 0 Å². The van der Waals surface area contributed by atoms with Crippen molar-refractivity contribution in [2.75, 3.05) is 26.3 Å². The molecular formula is C16H29NO2. The molecule has 0 saturated heterocycles. The number of hydrogen-bond donors (Lipinski definition) is 2. The molecule has 4 aliphatic carbocycles. The van der Waals surface area contributed by atoms with Crippen molar-refractivity contribution < 1.29 is 10.2 Å². The van der Waals surface area contributed by atoms with Gasteiger partial charge in [-0.25, -0.2) is 0 Å². The number of aliphatic hydroxyl groups is 2. The van der Waals surface area contributed by atoms with Crippen LogP contribution >= 0.6 is 0 Å². The summed E-state index contributed by atoms with van der Waals surface area (Å²) >= 11 is 0. The fourth-order valence-electron chi connectivity index (χ4n) is 6.57. The van der Waals surface area contributed by atoms with Crippen LogP contribution in [-0.2, 0) is 0 Å². The summed E-state index contributed by atoms with van der Waals surface area (Å²) < 4.78 is 0. The molecule has 19 heavy (non-hydrogen) atoms. The van der Waals surface area contributed by atoms with Gasteiger partial charge in [0.1, 0.15) is 0 Å². The molecule has 3 heteroatoms. The summed E-state index contributed by atoms with van der Waals surface area (Å²) in [5.41, 5.74) is 1.25. The van der Waals surface area contributed by atoms with Gasteiger partial charge in [0.2, 0.25) is 0 Å². The highest BCUT2D eigenvalue weighted by atomic mass is 16.3. The van der Waals surface area contributed by atoms with E-state index in [0.29, 0.717) is 10.8 Å². The van der Waals surface area contributed by atoms with Gasteiger partial charge < -0.3 is 10.2 Å². The van der Waals surface area contributed by atoms with Gasteiger partial charge in [0.15, 0.2) is 0 Å². The van der Waals surface area contributed by atoms with Crippen molar-refractivity contribution in [3.05, 3.63) is 0 Å². The average molecular weight is 267 g/mol. The molecule has 2 N–H and O–H groups in total. The van der Waals surface area contributed by atoms with E-state index in [0.717, 1.165) is 19.0 Å². The van der Waals surface area contributed by atoms with Crippen LogP contribution in [0.2, 0.25) is 0 Å². The largest absolute Gasteiger partial charge is 0.395 e. The van der Waals surface area contributed by atoms with Crippen molar-refractivity contribution in [1.82, 2.24) is 4.90 Å². The highest BCUT2D eigenvalue weighted by molar-refractivity contribution is 5.14. The first kappa shape index (κ1) is 13.8. The lowest BCUT2D eigenvalue weighted by atomic mass is 9.42. The Labute approximate surface area is 117 Å². The first-order valence-corrected chi connectivity index (χ1v) is 7.90. The number of rotatable bonds is 5. The Morgan fingerprint density at radius 2 is 1.42 bits per heavy atom. The van der Waals surface area contributed by atoms with Gasteiger partial charge in [0.25, 0.3) is 0 Å². The topological polar surface area (TPSA) is 43.7 Å². The maximum Gasteiger partial charge on any atom is 0.0558 e. The van der Waals surface area contributed by atoms with E-state index in [-0.39, 0.29) is 18.8 Å². The summed E-state index contributed by atoms with van der Waals surface area (Å²) in [4.78, 5) is 2.41. The first-order chi connectivity index (χ1) is 8.93. The maximum atomic E-state index is 9.37. The van der Waals surface area contributed by atoms with Gasteiger partial charge in [-0.2, -0.15) is 0 Å². The van der Waals surface area contributed by atoms with Gasteiger partial charge in [0, 0.05) is 18.6 Å². The zero-order valence-corrected chi connectivity index (χ0v) is 12.5. The predicted molar refractivity (Wildman–Crippen MR) is 75.9 cm³/mol. The summed E-state index contributed by atoms with van der Waals surface area (Å²) in [7, 11) is 0. The summed E-state index contributed by atoms with van der Waals surface area (Å²) in [6.07, 6.45) is 8.01. The van der Waals surface area contributed by atoms with E-state index < -0.39 is 0 Å². The summed E-state index contributed by atoms with van der Waals surface area (Å²) in [5.74, 6) is 0.867. The molecule has 0 aliphatic heterocycles. The van der Waals surface area contributed by atoms with Crippen LogP contribution in [0, 0.1) is 16.7 Å². The van der Waals surface area contributed by atoms with Gasteiger partial charge in [-0.1, -0.05) is 13.8 Å². The quantitative estimate of drug-likeness (QED) is 0.801. The lowest BCUT2D eigenvalue weighted by molar-refractivity contribution is -0.164. The third-order valence-corrected chi connectivity index (χ3v) is 6.01. The van der Waals surface area contributed by atoms with Gasteiger partial charge in [-0.05, 0) is 55.3 Å². The second kappa shape index (κ2) is 4.44. The SMILES string of the molecule is CC12CC3CC(C)(C1)CC(N(CCO)CCO)(C3)C2. The lowest BCUT2D eigenvalue weighted by Crippen LogP contribution is -2.65. The first-order valence-electron chi connectivity index (χ1n) is 7.90.